The number of nitrogens with one attached hydrogen (secondary N) is 2. The van der Waals surface area contributed by atoms with E-state index in [9.17, 15) is 9.59 Å². The predicted octanol–water partition coefficient (Wildman–Crippen LogP) is 3.60. The predicted molar refractivity (Wildman–Crippen MR) is 114 cm³/mol. The van der Waals surface area contributed by atoms with Gasteiger partial charge in [-0.1, -0.05) is 39.0 Å². The van der Waals surface area contributed by atoms with E-state index in [1.807, 2.05) is 62.3 Å². The van der Waals surface area contributed by atoms with E-state index in [4.69, 9.17) is 0 Å². The number of rotatable bonds is 5. The summed E-state index contributed by atoms with van der Waals surface area (Å²) in [6.45, 7) is 7.24. The zero-order valence-corrected chi connectivity index (χ0v) is 17.3. The third-order valence-corrected chi connectivity index (χ3v) is 4.02. The molecule has 0 aliphatic carbocycles. The molecular formula is C22H28N4O2. The normalized spacial score (nSPS) is 11.7. The van der Waals surface area contributed by atoms with Crippen LogP contribution in [0.1, 0.15) is 32.0 Å². The number of carbonyl (C=O) groups is 2. The average molecular weight is 380 g/mol. The maximum absolute atomic E-state index is 12.8. The molecule has 6 nitrogen and oxygen atoms in total. The molecule has 1 aromatic carbocycles. The van der Waals surface area contributed by atoms with Gasteiger partial charge in [-0.2, -0.15) is 0 Å². The first kappa shape index (κ1) is 21.2. The monoisotopic (exact) mass is 380 g/mol. The van der Waals surface area contributed by atoms with Gasteiger partial charge in [-0.25, -0.2) is 4.98 Å². The fourth-order valence-electron chi connectivity index (χ4n) is 2.30. The lowest BCUT2D eigenvalue weighted by molar-refractivity contribution is -0.128. The number of aryl methyl sites for hydroxylation is 1. The molecule has 0 atom stereocenters. The minimum Gasteiger partial charge on any atom is -0.378 e. The van der Waals surface area contributed by atoms with Gasteiger partial charge in [0.2, 0.25) is 5.91 Å². The Morgan fingerprint density at radius 2 is 1.68 bits per heavy atom. The molecule has 6 heteroatoms. The molecular weight excluding hydrogens is 352 g/mol. The minimum atomic E-state index is -0.629. The lowest BCUT2D eigenvalue weighted by atomic mass is 9.95. The summed E-state index contributed by atoms with van der Waals surface area (Å²) in [5, 5.41) is 5.50. The molecule has 2 aromatic rings. The maximum Gasteiger partial charge on any atom is 0.273 e. The molecule has 0 saturated heterocycles. The van der Waals surface area contributed by atoms with Crippen molar-refractivity contribution >= 4 is 29.4 Å². The van der Waals surface area contributed by atoms with Gasteiger partial charge in [0.1, 0.15) is 11.5 Å². The van der Waals surface area contributed by atoms with Crippen molar-refractivity contribution < 1.29 is 9.59 Å². The lowest BCUT2D eigenvalue weighted by Crippen LogP contribution is -2.38. The number of amides is 2. The first-order valence-corrected chi connectivity index (χ1v) is 9.12. The van der Waals surface area contributed by atoms with Crippen LogP contribution >= 0.6 is 0 Å². The lowest BCUT2D eigenvalue weighted by Gasteiger charge is -2.19. The van der Waals surface area contributed by atoms with Gasteiger partial charge in [0.05, 0.1) is 0 Å². The van der Waals surface area contributed by atoms with E-state index in [0.717, 1.165) is 16.9 Å². The van der Waals surface area contributed by atoms with Crippen LogP contribution in [0.3, 0.4) is 0 Å². The van der Waals surface area contributed by atoms with E-state index in [0.29, 0.717) is 5.82 Å². The molecule has 2 rings (SSSR count). The number of carbonyl (C=O) groups excluding carboxylic acids is 2. The second-order valence-electron chi connectivity index (χ2n) is 7.87. The average Bonchev–Trinajstić information content (AvgIpc) is 2.60. The molecule has 0 aliphatic rings. The summed E-state index contributed by atoms with van der Waals surface area (Å²) in [7, 11) is 3.92. The summed E-state index contributed by atoms with van der Waals surface area (Å²) in [5.41, 5.74) is 2.19. The van der Waals surface area contributed by atoms with Crippen LogP contribution in [0.15, 0.2) is 48.2 Å². The van der Waals surface area contributed by atoms with Crippen molar-refractivity contribution in [3.05, 3.63) is 59.4 Å². The number of hydrogen-bond acceptors (Lipinski definition) is 4. The van der Waals surface area contributed by atoms with Gasteiger partial charge in [-0.05, 0) is 42.8 Å². The highest BCUT2D eigenvalue weighted by Crippen LogP contribution is 2.17. The van der Waals surface area contributed by atoms with E-state index in [-0.39, 0.29) is 11.6 Å². The third kappa shape index (κ3) is 5.94. The summed E-state index contributed by atoms with van der Waals surface area (Å²) < 4.78 is 0. The Labute approximate surface area is 166 Å². The van der Waals surface area contributed by atoms with Gasteiger partial charge in [-0.15, -0.1) is 0 Å². The van der Waals surface area contributed by atoms with Crippen molar-refractivity contribution in [1.82, 2.24) is 10.3 Å². The van der Waals surface area contributed by atoms with E-state index in [2.05, 4.69) is 15.6 Å². The third-order valence-electron chi connectivity index (χ3n) is 4.02. The van der Waals surface area contributed by atoms with Crippen LogP contribution in [0.4, 0.5) is 11.5 Å². The number of nitrogens with zero attached hydrogens (tertiary/aromatic N) is 2. The highest BCUT2D eigenvalue weighted by Gasteiger charge is 2.24. The van der Waals surface area contributed by atoms with E-state index in [1.165, 1.54) is 0 Å². The van der Waals surface area contributed by atoms with Crippen LogP contribution in [-0.2, 0) is 9.59 Å². The summed E-state index contributed by atoms with van der Waals surface area (Å²) in [5.74, 6) is -0.229. The number of hydrogen-bond donors (Lipinski definition) is 2. The van der Waals surface area contributed by atoms with Crippen molar-refractivity contribution in [2.45, 2.75) is 27.7 Å². The minimum absolute atomic E-state index is 0.167. The van der Waals surface area contributed by atoms with Gasteiger partial charge < -0.3 is 15.5 Å². The Bertz CT molecular complexity index is 878. The van der Waals surface area contributed by atoms with Crippen LogP contribution in [0, 0.1) is 12.3 Å². The van der Waals surface area contributed by atoms with Crippen molar-refractivity contribution in [3.8, 4) is 0 Å². The number of pyridine rings is 1. The van der Waals surface area contributed by atoms with Gasteiger partial charge in [0.25, 0.3) is 5.91 Å². The van der Waals surface area contributed by atoms with Crippen LogP contribution in [-0.4, -0.2) is 30.9 Å². The highest BCUT2D eigenvalue weighted by atomic mass is 16.2. The van der Waals surface area contributed by atoms with Crippen molar-refractivity contribution in [1.29, 1.82) is 0 Å². The van der Waals surface area contributed by atoms with Crippen molar-refractivity contribution in [3.63, 3.8) is 0 Å². The second kappa shape index (κ2) is 8.69. The van der Waals surface area contributed by atoms with Crippen LogP contribution in [0.25, 0.3) is 6.08 Å². The Hall–Kier alpha value is -3.15. The first-order valence-electron chi connectivity index (χ1n) is 9.12. The fourth-order valence-corrected chi connectivity index (χ4v) is 2.30. The van der Waals surface area contributed by atoms with Gasteiger partial charge in [0.15, 0.2) is 0 Å². The van der Waals surface area contributed by atoms with Gasteiger partial charge >= 0.3 is 0 Å². The SMILES string of the molecule is Cc1cccc(NC(=O)/C(=C\c2ccc(N(C)C)cc2)NC(=O)C(C)(C)C)n1. The topological polar surface area (TPSA) is 74.3 Å². The van der Waals surface area contributed by atoms with Gasteiger partial charge in [0, 0.05) is 30.9 Å². The summed E-state index contributed by atoms with van der Waals surface area (Å²) >= 11 is 0. The van der Waals surface area contributed by atoms with Crippen LogP contribution < -0.4 is 15.5 Å². The summed E-state index contributed by atoms with van der Waals surface area (Å²) in [6, 6.07) is 13.1. The quantitative estimate of drug-likeness (QED) is 0.778. The van der Waals surface area contributed by atoms with Crippen molar-refractivity contribution in [2.24, 2.45) is 5.41 Å². The van der Waals surface area contributed by atoms with E-state index < -0.39 is 11.3 Å². The summed E-state index contributed by atoms with van der Waals surface area (Å²) in [6.07, 6.45) is 1.66. The Morgan fingerprint density at radius 3 is 2.21 bits per heavy atom. The smallest absolute Gasteiger partial charge is 0.273 e. The molecule has 2 amide bonds. The molecule has 0 spiro atoms. The number of benzene rings is 1. The van der Waals surface area contributed by atoms with E-state index >= 15 is 0 Å². The number of aromatic nitrogens is 1. The fraction of sp³-hybridized carbons (Fsp3) is 0.318. The molecule has 2 N–H and O–H groups in total. The zero-order chi connectivity index (χ0) is 20.9. The molecule has 1 aromatic heterocycles. The molecule has 0 saturated carbocycles. The molecule has 0 unspecified atom stereocenters. The first-order chi connectivity index (χ1) is 13.1. The standard InChI is InChI=1S/C22H28N4O2/c1-15-8-7-9-19(23-15)25-20(27)18(24-21(28)22(2,3)4)14-16-10-12-17(13-11-16)26(5)6/h7-14H,1-6H3,(H,24,28)(H,23,25,27)/b18-14+. The maximum atomic E-state index is 12.8. The molecule has 0 aliphatic heterocycles. The van der Waals surface area contributed by atoms with Crippen molar-refractivity contribution in [2.75, 3.05) is 24.3 Å². The Morgan fingerprint density at radius 1 is 1.04 bits per heavy atom. The molecule has 0 radical (unpaired) electrons. The molecule has 28 heavy (non-hydrogen) atoms. The molecule has 0 bridgehead atoms. The molecule has 0 fully saturated rings. The molecule has 1 heterocycles. The van der Waals surface area contributed by atoms with Crippen LogP contribution in [0.5, 0.6) is 0 Å². The van der Waals surface area contributed by atoms with E-state index in [1.54, 1.807) is 32.9 Å². The summed E-state index contributed by atoms with van der Waals surface area (Å²) in [4.78, 5) is 31.6. The Kier molecular flexibility index (Phi) is 6.57. The largest absolute Gasteiger partial charge is 0.378 e. The zero-order valence-electron chi connectivity index (χ0n) is 17.3. The number of anilines is 2. The van der Waals surface area contributed by atoms with Crippen LogP contribution in [0.2, 0.25) is 0 Å². The van der Waals surface area contributed by atoms with Gasteiger partial charge in [-0.3, -0.25) is 9.59 Å². The Balaban J connectivity index is 2.32. The molecule has 148 valence electrons. The highest BCUT2D eigenvalue weighted by molar-refractivity contribution is 6.08. The second-order valence-corrected chi connectivity index (χ2v) is 7.87.